The van der Waals surface area contributed by atoms with Gasteiger partial charge >= 0.3 is 0 Å². The molecule has 0 atom stereocenters. The molecule has 8 heteroatoms. The average Bonchev–Trinajstić information content (AvgIpc) is 2.98. The maximum atomic E-state index is 14.0. The molecule has 158 valence electrons. The van der Waals surface area contributed by atoms with E-state index in [-0.39, 0.29) is 27.3 Å². The van der Waals surface area contributed by atoms with Crippen LogP contribution in [0.4, 0.5) is 4.39 Å². The summed E-state index contributed by atoms with van der Waals surface area (Å²) < 4.78 is 25.3. The maximum Gasteiger partial charge on any atom is 0.276 e. The number of carbonyl (C=O) groups excluding carboxylic acids is 1. The van der Waals surface area contributed by atoms with E-state index in [2.05, 4.69) is 5.32 Å². The Labute approximate surface area is 185 Å². The fourth-order valence-electron chi connectivity index (χ4n) is 3.06. The summed E-state index contributed by atoms with van der Waals surface area (Å²) >= 11 is 11.3. The van der Waals surface area contributed by atoms with Gasteiger partial charge in [-0.25, -0.2) is 4.39 Å². The van der Waals surface area contributed by atoms with E-state index in [1.807, 2.05) is 32.0 Å². The molecule has 0 bridgehead atoms. The largest absolute Gasteiger partial charge is 0.490 e. The van der Waals surface area contributed by atoms with Crippen molar-refractivity contribution in [3.05, 3.63) is 64.1 Å². The van der Waals surface area contributed by atoms with Gasteiger partial charge in [0.05, 0.1) is 18.2 Å². The zero-order valence-corrected chi connectivity index (χ0v) is 18.3. The minimum Gasteiger partial charge on any atom is -0.490 e. The number of ether oxygens (including phenoxy) is 2. The van der Waals surface area contributed by atoms with Crippen LogP contribution in [0.25, 0.3) is 6.08 Å². The molecule has 30 heavy (non-hydrogen) atoms. The van der Waals surface area contributed by atoms with Gasteiger partial charge in [0, 0.05) is 12.1 Å². The van der Waals surface area contributed by atoms with Crippen LogP contribution in [-0.2, 0) is 11.2 Å². The van der Waals surface area contributed by atoms with E-state index < -0.39 is 5.82 Å². The summed E-state index contributed by atoms with van der Waals surface area (Å²) in [5.74, 6) is 0.520. The minimum absolute atomic E-state index is 0.146. The molecule has 0 radical (unpaired) electrons. The summed E-state index contributed by atoms with van der Waals surface area (Å²) in [6, 6.07) is 10.1. The van der Waals surface area contributed by atoms with E-state index in [9.17, 15) is 9.18 Å². The highest BCUT2D eigenvalue weighted by atomic mass is 35.5. The smallest absolute Gasteiger partial charge is 0.276 e. The van der Waals surface area contributed by atoms with Gasteiger partial charge in [0.2, 0.25) is 0 Å². The summed E-state index contributed by atoms with van der Waals surface area (Å²) in [6.45, 7) is 5.26. The molecule has 0 saturated carbocycles. The lowest BCUT2D eigenvalue weighted by atomic mass is 10.1. The third-order valence-corrected chi connectivity index (χ3v) is 5.13. The third-order valence-electron chi connectivity index (χ3n) is 4.48. The Balaban J connectivity index is 1.73. The Hall–Kier alpha value is -2.64. The summed E-state index contributed by atoms with van der Waals surface area (Å²) in [5, 5.41) is 3.34. The van der Waals surface area contributed by atoms with Gasteiger partial charge in [-0.3, -0.25) is 9.69 Å². The summed E-state index contributed by atoms with van der Waals surface area (Å²) in [4.78, 5) is 14.2. The van der Waals surface area contributed by atoms with Crippen LogP contribution in [0.3, 0.4) is 0 Å². The molecule has 1 heterocycles. The zero-order chi connectivity index (χ0) is 21.7. The van der Waals surface area contributed by atoms with Crippen molar-refractivity contribution in [3.8, 4) is 11.5 Å². The van der Waals surface area contributed by atoms with Crippen molar-refractivity contribution in [3.63, 3.8) is 0 Å². The third kappa shape index (κ3) is 4.91. The SMILES string of the molecule is CCOc1ccc(CCN2C(=O)/C(=C\c3c(F)cccc3Cl)NC2=S)cc1OCC. The van der Waals surface area contributed by atoms with Gasteiger partial charge in [0.1, 0.15) is 11.5 Å². The minimum atomic E-state index is -0.508. The fourth-order valence-corrected chi connectivity index (χ4v) is 3.56. The molecule has 1 amide bonds. The number of amides is 1. The summed E-state index contributed by atoms with van der Waals surface area (Å²) in [7, 11) is 0. The predicted molar refractivity (Wildman–Crippen MR) is 119 cm³/mol. The number of nitrogens with one attached hydrogen (secondary N) is 1. The molecule has 2 aromatic rings. The van der Waals surface area contributed by atoms with Crippen molar-refractivity contribution in [2.24, 2.45) is 0 Å². The molecule has 1 N–H and O–H groups in total. The van der Waals surface area contributed by atoms with E-state index in [0.717, 1.165) is 5.56 Å². The van der Waals surface area contributed by atoms with Crippen molar-refractivity contribution in [2.45, 2.75) is 20.3 Å². The van der Waals surface area contributed by atoms with Crippen molar-refractivity contribution in [1.29, 1.82) is 0 Å². The normalized spacial score (nSPS) is 14.9. The van der Waals surface area contributed by atoms with Crippen LogP contribution in [0.15, 0.2) is 42.1 Å². The number of carbonyl (C=O) groups is 1. The lowest BCUT2D eigenvalue weighted by molar-refractivity contribution is -0.122. The monoisotopic (exact) mass is 448 g/mol. The quantitative estimate of drug-likeness (QED) is 0.473. The van der Waals surface area contributed by atoms with Gasteiger partial charge in [-0.05, 0) is 68.4 Å². The van der Waals surface area contributed by atoms with Crippen LogP contribution < -0.4 is 14.8 Å². The first-order chi connectivity index (χ1) is 14.4. The Morgan fingerprint density at radius 1 is 1.17 bits per heavy atom. The van der Waals surface area contributed by atoms with Gasteiger partial charge in [0.25, 0.3) is 5.91 Å². The highest BCUT2D eigenvalue weighted by molar-refractivity contribution is 7.80. The van der Waals surface area contributed by atoms with E-state index >= 15 is 0 Å². The highest BCUT2D eigenvalue weighted by Crippen LogP contribution is 2.29. The van der Waals surface area contributed by atoms with Crippen LogP contribution in [0, 0.1) is 5.82 Å². The molecular formula is C22H22ClFN2O3S. The van der Waals surface area contributed by atoms with Crippen molar-refractivity contribution >= 4 is 40.9 Å². The zero-order valence-electron chi connectivity index (χ0n) is 16.7. The van der Waals surface area contributed by atoms with Gasteiger partial charge < -0.3 is 14.8 Å². The second-order valence-electron chi connectivity index (χ2n) is 6.48. The Morgan fingerprint density at radius 2 is 1.90 bits per heavy atom. The summed E-state index contributed by atoms with van der Waals surface area (Å²) in [6.07, 6.45) is 1.95. The molecule has 5 nitrogen and oxygen atoms in total. The lowest BCUT2D eigenvalue weighted by Gasteiger charge is -2.15. The van der Waals surface area contributed by atoms with Crippen LogP contribution in [0.5, 0.6) is 11.5 Å². The Kier molecular flexibility index (Phi) is 7.29. The van der Waals surface area contributed by atoms with Gasteiger partial charge in [0.15, 0.2) is 16.6 Å². The maximum absolute atomic E-state index is 14.0. The number of halogens is 2. The van der Waals surface area contributed by atoms with E-state index in [1.165, 1.54) is 23.1 Å². The van der Waals surface area contributed by atoms with E-state index in [4.69, 9.17) is 33.3 Å². The van der Waals surface area contributed by atoms with Crippen LogP contribution in [-0.4, -0.2) is 35.7 Å². The Morgan fingerprint density at radius 3 is 2.60 bits per heavy atom. The van der Waals surface area contributed by atoms with Crippen LogP contribution in [0.2, 0.25) is 5.02 Å². The second kappa shape index (κ2) is 9.91. The standard InChI is InChI=1S/C22H22ClFN2O3S/c1-3-28-19-9-8-14(12-20(19)29-4-2)10-11-26-21(27)18(25-22(26)30)13-15-16(23)6-5-7-17(15)24/h5-9,12-13H,3-4,10-11H2,1-2H3,(H,25,30)/b18-13+. The molecule has 1 saturated heterocycles. The van der Waals surface area contributed by atoms with Gasteiger partial charge in [-0.15, -0.1) is 0 Å². The van der Waals surface area contributed by atoms with Crippen LogP contribution in [0.1, 0.15) is 25.0 Å². The first-order valence-corrected chi connectivity index (χ1v) is 10.4. The lowest BCUT2D eigenvalue weighted by Crippen LogP contribution is -2.32. The first kappa shape index (κ1) is 22.1. The highest BCUT2D eigenvalue weighted by Gasteiger charge is 2.30. The van der Waals surface area contributed by atoms with Crippen molar-refractivity contribution < 1.29 is 18.7 Å². The van der Waals surface area contributed by atoms with E-state index in [0.29, 0.717) is 37.7 Å². The number of hydrogen-bond donors (Lipinski definition) is 1. The first-order valence-electron chi connectivity index (χ1n) is 9.61. The molecular weight excluding hydrogens is 427 g/mol. The van der Waals surface area contributed by atoms with Gasteiger partial charge in [-0.2, -0.15) is 0 Å². The van der Waals surface area contributed by atoms with Gasteiger partial charge in [-0.1, -0.05) is 23.7 Å². The van der Waals surface area contributed by atoms with Crippen LogP contribution >= 0.6 is 23.8 Å². The molecule has 1 aliphatic rings. The topological polar surface area (TPSA) is 50.8 Å². The number of benzene rings is 2. The molecule has 1 aliphatic heterocycles. The average molecular weight is 449 g/mol. The number of rotatable bonds is 8. The molecule has 0 aliphatic carbocycles. The Bertz CT molecular complexity index is 976. The molecule has 3 rings (SSSR count). The number of thiocarbonyl (C=S) groups is 1. The number of hydrogen-bond acceptors (Lipinski definition) is 4. The molecule has 2 aromatic carbocycles. The number of nitrogens with zero attached hydrogens (tertiary/aromatic N) is 1. The molecule has 1 fully saturated rings. The van der Waals surface area contributed by atoms with Crippen molar-refractivity contribution in [2.75, 3.05) is 19.8 Å². The molecule has 0 aromatic heterocycles. The van der Waals surface area contributed by atoms with Crippen molar-refractivity contribution in [1.82, 2.24) is 10.2 Å². The predicted octanol–water partition coefficient (Wildman–Crippen LogP) is 4.58. The molecule has 0 spiro atoms. The van der Waals surface area contributed by atoms with E-state index in [1.54, 1.807) is 6.07 Å². The molecule has 0 unspecified atom stereocenters. The summed E-state index contributed by atoms with van der Waals surface area (Å²) in [5.41, 5.74) is 1.31. The second-order valence-corrected chi connectivity index (χ2v) is 7.27. The fraction of sp³-hybridized carbons (Fsp3) is 0.273.